The number of carbonyl (C=O) groups is 2. The first kappa shape index (κ1) is 23.3. The molecule has 0 aromatic heterocycles. The first-order valence-corrected chi connectivity index (χ1v) is 11.1. The quantitative estimate of drug-likeness (QED) is 0.258. The summed E-state index contributed by atoms with van der Waals surface area (Å²) in [6.45, 7) is 4.16. The summed E-state index contributed by atoms with van der Waals surface area (Å²) in [6.07, 6.45) is 2.55. The molecule has 1 aliphatic heterocycles. The van der Waals surface area contributed by atoms with Crippen LogP contribution in [0.3, 0.4) is 0 Å². The van der Waals surface area contributed by atoms with Crippen molar-refractivity contribution in [1.82, 2.24) is 15.5 Å². The number of fused-ring (bicyclic) bond motifs is 1. The molecule has 0 bridgehead atoms. The third-order valence-electron chi connectivity index (χ3n) is 5.76. The van der Waals surface area contributed by atoms with Gasteiger partial charge in [0.1, 0.15) is 5.75 Å². The lowest BCUT2D eigenvalue weighted by Gasteiger charge is -2.16. The number of nitrogens with one attached hydrogen (secondary N) is 2. The van der Waals surface area contributed by atoms with E-state index >= 15 is 0 Å². The van der Waals surface area contributed by atoms with Crippen LogP contribution in [-0.4, -0.2) is 56.5 Å². The Hall–Kier alpha value is -3.35. The summed E-state index contributed by atoms with van der Waals surface area (Å²) in [4.78, 5) is 30.4. The summed E-state index contributed by atoms with van der Waals surface area (Å²) < 4.78 is 5.21. The fraction of sp³-hybridized carbons (Fsp3) is 0.400. The minimum Gasteiger partial charge on any atom is -0.497 e. The molecule has 0 fully saturated rings. The maximum Gasteiger partial charge on any atom is 0.261 e. The number of unbranched alkanes of at least 4 members (excludes halogenated alkanes) is 1. The Morgan fingerprint density at radius 3 is 2.19 bits per heavy atom. The van der Waals surface area contributed by atoms with E-state index in [1.165, 1.54) is 10.5 Å². The fourth-order valence-corrected chi connectivity index (χ4v) is 3.77. The van der Waals surface area contributed by atoms with E-state index in [1.807, 2.05) is 12.1 Å². The van der Waals surface area contributed by atoms with Gasteiger partial charge in [-0.05, 0) is 55.0 Å². The fourth-order valence-electron chi connectivity index (χ4n) is 3.77. The van der Waals surface area contributed by atoms with Gasteiger partial charge in [-0.2, -0.15) is 0 Å². The lowest BCUT2D eigenvalue weighted by Crippen LogP contribution is -2.38. The Balaban J connectivity index is 1.33. The highest BCUT2D eigenvalue weighted by Crippen LogP contribution is 2.23. The largest absolute Gasteiger partial charge is 0.497 e. The van der Waals surface area contributed by atoms with Gasteiger partial charge in [-0.25, -0.2) is 0 Å². The SMILES string of the molecule is CN=C(NCCCCN1C(=O)c2ccccc2C1=O)NCCC(C)c1ccc(OC)cc1. The third kappa shape index (κ3) is 5.66. The van der Waals surface area contributed by atoms with Gasteiger partial charge in [0.05, 0.1) is 18.2 Å². The normalized spacial score (nSPS) is 14.3. The molecule has 2 aromatic carbocycles. The standard InChI is InChI=1S/C25H32N4O3/c1-18(19-10-12-20(32-3)13-11-19)14-16-28-25(26-2)27-15-6-7-17-29-23(30)21-8-4-5-9-22(21)24(29)31/h4-5,8-13,18H,6-7,14-17H2,1-3H3,(H2,26,27,28). The molecular weight excluding hydrogens is 404 g/mol. The number of amides is 2. The van der Waals surface area contributed by atoms with Crippen LogP contribution in [0.2, 0.25) is 0 Å². The van der Waals surface area contributed by atoms with E-state index in [1.54, 1.807) is 38.4 Å². The van der Waals surface area contributed by atoms with Gasteiger partial charge in [-0.15, -0.1) is 0 Å². The molecule has 1 aliphatic rings. The molecule has 7 heteroatoms. The van der Waals surface area contributed by atoms with Crippen LogP contribution in [0, 0.1) is 0 Å². The van der Waals surface area contributed by atoms with Crippen molar-refractivity contribution in [2.45, 2.75) is 32.1 Å². The van der Waals surface area contributed by atoms with E-state index in [4.69, 9.17) is 4.74 Å². The van der Waals surface area contributed by atoms with Crippen LogP contribution in [0.15, 0.2) is 53.5 Å². The molecule has 0 spiro atoms. The predicted octanol–water partition coefficient (Wildman–Crippen LogP) is 3.43. The summed E-state index contributed by atoms with van der Waals surface area (Å²) in [5.74, 6) is 1.66. The van der Waals surface area contributed by atoms with Crippen molar-refractivity contribution in [3.63, 3.8) is 0 Å². The molecule has 2 aromatic rings. The van der Waals surface area contributed by atoms with Crippen LogP contribution in [0.5, 0.6) is 5.75 Å². The van der Waals surface area contributed by atoms with E-state index in [0.29, 0.717) is 23.6 Å². The molecule has 2 amide bonds. The molecule has 170 valence electrons. The summed E-state index contributed by atoms with van der Waals surface area (Å²) in [5.41, 5.74) is 2.29. The van der Waals surface area contributed by atoms with E-state index in [2.05, 4.69) is 34.7 Å². The molecular formula is C25H32N4O3. The molecule has 1 unspecified atom stereocenters. The molecule has 0 radical (unpaired) electrons. The highest BCUT2D eigenvalue weighted by Gasteiger charge is 2.34. The topological polar surface area (TPSA) is 83.0 Å². The molecule has 0 aliphatic carbocycles. The Bertz CT molecular complexity index is 921. The second kappa shape index (κ2) is 11.3. The van der Waals surface area contributed by atoms with E-state index in [9.17, 15) is 9.59 Å². The molecule has 0 saturated heterocycles. The number of aliphatic imine (C=N–C) groups is 1. The van der Waals surface area contributed by atoms with Gasteiger partial charge >= 0.3 is 0 Å². The highest BCUT2D eigenvalue weighted by atomic mass is 16.5. The summed E-state index contributed by atoms with van der Waals surface area (Å²) in [7, 11) is 3.42. The molecule has 2 N–H and O–H groups in total. The highest BCUT2D eigenvalue weighted by molar-refractivity contribution is 6.21. The van der Waals surface area contributed by atoms with Gasteiger partial charge in [-0.1, -0.05) is 31.2 Å². The number of rotatable bonds is 10. The predicted molar refractivity (Wildman–Crippen MR) is 126 cm³/mol. The lowest BCUT2D eigenvalue weighted by molar-refractivity contribution is 0.0652. The van der Waals surface area contributed by atoms with Crippen LogP contribution >= 0.6 is 0 Å². The van der Waals surface area contributed by atoms with Crippen molar-refractivity contribution in [3.8, 4) is 5.75 Å². The van der Waals surface area contributed by atoms with E-state index < -0.39 is 0 Å². The molecule has 1 heterocycles. The van der Waals surface area contributed by atoms with Crippen molar-refractivity contribution in [2.75, 3.05) is 33.8 Å². The maximum absolute atomic E-state index is 12.4. The maximum atomic E-state index is 12.4. The summed E-state index contributed by atoms with van der Waals surface area (Å²) >= 11 is 0. The van der Waals surface area contributed by atoms with Crippen molar-refractivity contribution in [3.05, 3.63) is 65.2 Å². The zero-order valence-corrected chi connectivity index (χ0v) is 19.1. The number of hydrogen-bond donors (Lipinski definition) is 2. The van der Waals surface area contributed by atoms with Gasteiger partial charge in [-0.3, -0.25) is 19.5 Å². The molecule has 1 atom stereocenters. The van der Waals surface area contributed by atoms with Crippen LogP contribution in [0.1, 0.15) is 58.4 Å². The van der Waals surface area contributed by atoms with Crippen LogP contribution in [0.25, 0.3) is 0 Å². The summed E-state index contributed by atoms with van der Waals surface area (Å²) in [5, 5.41) is 6.64. The van der Waals surface area contributed by atoms with Gasteiger partial charge in [0.15, 0.2) is 5.96 Å². The average molecular weight is 437 g/mol. The molecule has 7 nitrogen and oxygen atoms in total. The van der Waals surface area contributed by atoms with Gasteiger partial charge in [0, 0.05) is 26.7 Å². The number of guanidine groups is 1. The number of hydrogen-bond acceptors (Lipinski definition) is 4. The average Bonchev–Trinajstić information content (AvgIpc) is 3.07. The number of nitrogens with zero attached hydrogens (tertiary/aromatic N) is 2. The van der Waals surface area contributed by atoms with Crippen molar-refractivity contribution in [2.24, 2.45) is 4.99 Å². The first-order chi connectivity index (χ1) is 15.5. The van der Waals surface area contributed by atoms with E-state index in [0.717, 1.165) is 44.1 Å². The number of carbonyl (C=O) groups excluding carboxylic acids is 2. The Morgan fingerprint density at radius 1 is 0.969 bits per heavy atom. The van der Waals surface area contributed by atoms with Crippen molar-refractivity contribution >= 4 is 17.8 Å². The lowest BCUT2D eigenvalue weighted by atomic mass is 9.98. The number of benzene rings is 2. The van der Waals surface area contributed by atoms with Gasteiger partial charge in [0.25, 0.3) is 11.8 Å². The van der Waals surface area contributed by atoms with Crippen LogP contribution in [0.4, 0.5) is 0 Å². The molecule has 3 rings (SSSR count). The van der Waals surface area contributed by atoms with Gasteiger partial charge < -0.3 is 15.4 Å². The number of ether oxygens (including phenoxy) is 1. The van der Waals surface area contributed by atoms with Crippen molar-refractivity contribution in [1.29, 1.82) is 0 Å². The Morgan fingerprint density at radius 2 is 1.59 bits per heavy atom. The first-order valence-electron chi connectivity index (χ1n) is 11.1. The Kier molecular flexibility index (Phi) is 8.25. The zero-order chi connectivity index (χ0) is 22.9. The second-order valence-electron chi connectivity index (χ2n) is 7.90. The minimum absolute atomic E-state index is 0.193. The molecule has 0 saturated carbocycles. The summed E-state index contributed by atoms with van der Waals surface area (Å²) in [6, 6.07) is 15.2. The van der Waals surface area contributed by atoms with Crippen molar-refractivity contribution < 1.29 is 14.3 Å². The zero-order valence-electron chi connectivity index (χ0n) is 19.1. The smallest absolute Gasteiger partial charge is 0.261 e. The van der Waals surface area contributed by atoms with Gasteiger partial charge in [0.2, 0.25) is 0 Å². The third-order valence-corrected chi connectivity index (χ3v) is 5.76. The van der Waals surface area contributed by atoms with E-state index in [-0.39, 0.29) is 11.8 Å². The monoisotopic (exact) mass is 436 g/mol. The van der Waals surface area contributed by atoms with Crippen LogP contribution in [-0.2, 0) is 0 Å². The Labute approximate surface area is 189 Å². The molecule has 32 heavy (non-hydrogen) atoms. The number of imide groups is 1. The number of methoxy groups -OCH3 is 1. The second-order valence-corrected chi connectivity index (χ2v) is 7.90. The minimum atomic E-state index is -0.193. The van der Waals surface area contributed by atoms with Crippen LogP contribution < -0.4 is 15.4 Å².